The van der Waals surface area contributed by atoms with E-state index in [1.54, 1.807) is 14.2 Å². The topological polar surface area (TPSA) is 68.5 Å². The number of rotatable bonds is 5. The van der Waals surface area contributed by atoms with E-state index < -0.39 is 0 Å². The van der Waals surface area contributed by atoms with Gasteiger partial charge in [0.05, 0.1) is 14.2 Å². The van der Waals surface area contributed by atoms with Crippen molar-refractivity contribution >= 4 is 5.69 Å². The van der Waals surface area contributed by atoms with Crippen LogP contribution in [-0.2, 0) is 0 Å². The number of nitrogens with one attached hydrogen (secondary N) is 2. The van der Waals surface area contributed by atoms with Crippen LogP contribution < -0.4 is 25.8 Å². The first-order valence-corrected chi connectivity index (χ1v) is 6.09. The van der Waals surface area contributed by atoms with Gasteiger partial charge in [-0.1, -0.05) is 6.08 Å². The van der Waals surface area contributed by atoms with E-state index >= 15 is 0 Å². The Bertz CT molecular complexity index is 487. The maximum atomic E-state index is 5.59. The summed E-state index contributed by atoms with van der Waals surface area (Å²) < 4.78 is 10.5. The average Bonchev–Trinajstić information content (AvgIpc) is 2.47. The van der Waals surface area contributed by atoms with Crippen molar-refractivity contribution in [1.29, 1.82) is 0 Å². The summed E-state index contributed by atoms with van der Waals surface area (Å²) in [6.07, 6.45) is 3.99. The number of ether oxygens (including phenoxy) is 2. The average molecular weight is 261 g/mol. The summed E-state index contributed by atoms with van der Waals surface area (Å²) in [4.78, 5) is 0. The second kappa shape index (κ2) is 6.15. The summed E-state index contributed by atoms with van der Waals surface area (Å²) in [5.74, 6) is 2.42. The zero-order valence-electron chi connectivity index (χ0n) is 11.2. The van der Waals surface area contributed by atoms with Gasteiger partial charge in [-0.3, -0.25) is 0 Å². The number of allylic oxidation sites excluding steroid dienone is 2. The molecule has 0 aliphatic carbocycles. The van der Waals surface area contributed by atoms with E-state index in [-0.39, 0.29) is 0 Å². The Kier molecular flexibility index (Phi) is 4.30. The van der Waals surface area contributed by atoms with Crippen LogP contribution in [0.1, 0.15) is 0 Å². The van der Waals surface area contributed by atoms with Gasteiger partial charge in [-0.15, -0.1) is 0 Å². The summed E-state index contributed by atoms with van der Waals surface area (Å²) in [5.41, 5.74) is 7.66. The van der Waals surface area contributed by atoms with Crippen molar-refractivity contribution < 1.29 is 9.47 Å². The van der Waals surface area contributed by atoms with Crippen LogP contribution in [0.15, 0.2) is 41.7 Å². The summed E-state index contributed by atoms with van der Waals surface area (Å²) >= 11 is 0. The molecule has 0 atom stereocenters. The molecule has 0 fully saturated rings. The molecule has 0 unspecified atom stereocenters. The highest BCUT2D eigenvalue weighted by Crippen LogP contribution is 2.26. The fourth-order valence-electron chi connectivity index (χ4n) is 1.79. The largest absolute Gasteiger partial charge is 0.497 e. The van der Waals surface area contributed by atoms with Gasteiger partial charge >= 0.3 is 0 Å². The van der Waals surface area contributed by atoms with Gasteiger partial charge in [0.2, 0.25) is 0 Å². The molecule has 19 heavy (non-hydrogen) atoms. The van der Waals surface area contributed by atoms with Crippen molar-refractivity contribution in [2.24, 2.45) is 5.73 Å². The normalized spacial score (nSPS) is 14.1. The maximum Gasteiger partial charge on any atom is 0.124 e. The fourth-order valence-corrected chi connectivity index (χ4v) is 1.79. The van der Waals surface area contributed by atoms with E-state index in [4.69, 9.17) is 15.2 Å². The van der Waals surface area contributed by atoms with E-state index in [2.05, 4.69) is 10.6 Å². The van der Waals surface area contributed by atoms with Gasteiger partial charge in [0, 0.05) is 37.0 Å². The SMILES string of the molecule is COc1cc(NC2=CC=C(CN)CN2)cc(OC)c1. The molecular weight excluding hydrogens is 242 g/mol. The second-order valence-corrected chi connectivity index (χ2v) is 4.19. The van der Waals surface area contributed by atoms with Crippen LogP contribution >= 0.6 is 0 Å². The third kappa shape index (κ3) is 3.42. The molecule has 0 bridgehead atoms. The van der Waals surface area contributed by atoms with Crippen molar-refractivity contribution in [2.75, 3.05) is 32.6 Å². The predicted octanol–water partition coefficient (Wildman–Crippen LogP) is 1.45. The van der Waals surface area contributed by atoms with Crippen LogP contribution in [0.3, 0.4) is 0 Å². The van der Waals surface area contributed by atoms with Crippen LogP contribution in [0.5, 0.6) is 11.5 Å². The molecular formula is C14H19N3O2. The highest BCUT2D eigenvalue weighted by atomic mass is 16.5. The van der Waals surface area contributed by atoms with Crippen LogP contribution in [0.25, 0.3) is 0 Å². The predicted molar refractivity (Wildman–Crippen MR) is 76.4 cm³/mol. The molecule has 1 aliphatic heterocycles. The lowest BCUT2D eigenvalue weighted by molar-refractivity contribution is 0.394. The molecule has 2 rings (SSSR count). The number of methoxy groups -OCH3 is 2. The summed E-state index contributed by atoms with van der Waals surface area (Å²) in [7, 11) is 3.26. The Balaban J connectivity index is 2.15. The Morgan fingerprint density at radius 2 is 1.84 bits per heavy atom. The summed E-state index contributed by atoms with van der Waals surface area (Å²) in [6.45, 7) is 1.33. The van der Waals surface area contributed by atoms with Gasteiger partial charge in [0.1, 0.15) is 17.3 Å². The Morgan fingerprint density at radius 3 is 2.32 bits per heavy atom. The van der Waals surface area contributed by atoms with Gasteiger partial charge in [0.25, 0.3) is 0 Å². The number of hydrogen-bond donors (Lipinski definition) is 3. The minimum Gasteiger partial charge on any atom is -0.497 e. The standard InChI is InChI=1S/C14H19N3O2/c1-18-12-5-11(6-13(7-12)19-2)17-14-4-3-10(8-15)9-16-14/h3-7,16-17H,8-9,15H2,1-2H3. The smallest absolute Gasteiger partial charge is 0.124 e. The van der Waals surface area contributed by atoms with Crippen LogP contribution in [0, 0.1) is 0 Å². The van der Waals surface area contributed by atoms with Gasteiger partial charge in [-0.2, -0.15) is 0 Å². The van der Waals surface area contributed by atoms with E-state index in [0.29, 0.717) is 6.54 Å². The molecule has 0 saturated heterocycles. The molecule has 1 heterocycles. The monoisotopic (exact) mass is 261 g/mol. The lowest BCUT2D eigenvalue weighted by atomic mass is 10.2. The van der Waals surface area contributed by atoms with E-state index in [0.717, 1.165) is 29.6 Å². The van der Waals surface area contributed by atoms with Gasteiger partial charge in [0.15, 0.2) is 0 Å². The van der Waals surface area contributed by atoms with Crippen molar-refractivity contribution in [3.63, 3.8) is 0 Å². The van der Waals surface area contributed by atoms with E-state index in [9.17, 15) is 0 Å². The highest BCUT2D eigenvalue weighted by Gasteiger charge is 2.06. The molecule has 0 spiro atoms. The van der Waals surface area contributed by atoms with Crippen molar-refractivity contribution in [3.8, 4) is 11.5 Å². The molecule has 5 heteroatoms. The lowest BCUT2D eigenvalue weighted by Crippen LogP contribution is -2.27. The van der Waals surface area contributed by atoms with Crippen LogP contribution in [-0.4, -0.2) is 27.3 Å². The number of dihydropyridines is 1. The first-order chi connectivity index (χ1) is 9.25. The molecule has 0 saturated carbocycles. The Labute approximate surface area is 113 Å². The van der Waals surface area contributed by atoms with E-state index in [1.807, 2.05) is 30.4 Å². The minimum absolute atomic E-state index is 0.573. The molecule has 0 aromatic heterocycles. The molecule has 102 valence electrons. The van der Waals surface area contributed by atoms with Crippen LogP contribution in [0.2, 0.25) is 0 Å². The van der Waals surface area contributed by atoms with Crippen molar-refractivity contribution in [2.45, 2.75) is 0 Å². The molecule has 5 nitrogen and oxygen atoms in total. The zero-order chi connectivity index (χ0) is 13.7. The number of anilines is 1. The second-order valence-electron chi connectivity index (χ2n) is 4.19. The Hall–Kier alpha value is -2.14. The zero-order valence-corrected chi connectivity index (χ0v) is 11.2. The highest BCUT2D eigenvalue weighted by molar-refractivity contribution is 5.57. The lowest BCUT2D eigenvalue weighted by Gasteiger charge is -2.18. The van der Waals surface area contributed by atoms with Crippen molar-refractivity contribution in [1.82, 2.24) is 5.32 Å². The first kappa shape index (κ1) is 13.3. The number of benzene rings is 1. The quantitative estimate of drug-likeness (QED) is 0.748. The van der Waals surface area contributed by atoms with E-state index in [1.165, 1.54) is 5.57 Å². The third-order valence-electron chi connectivity index (χ3n) is 2.88. The number of nitrogens with two attached hydrogens (primary N) is 1. The molecule has 4 N–H and O–H groups in total. The van der Waals surface area contributed by atoms with Gasteiger partial charge < -0.3 is 25.8 Å². The summed E-state index contributed by atoms with van der Waals surface area (Å²) in [5, 5.41) is 6.54. The van der Waals surface area contributed by atoms with Gasteiger partial charge in [-0.05, 0) is 11.6 Å². The van der Waals surface area contributed by atoms with Gasteiger partial charge in [-0.25, -0.2) is 0 Å². The fraction of sp³-hybridized carbons (Fsp3) is 0.286. The molecule has 0 amide bonds. The van der Waals surface area contributed by atoms with Crippen LogP contribution in [0.4, 0.5) is 5.69 Å². The third-order valence-corrected chi connectivity index (χ3v) is 2.88. The molecule has 1 aliphatic rings. The maximum absolute atomic E-state index is 5.59. The summed E-state index contributed by atoms with van der Waals surface area (Å²) in [6, 6.07) is 5.65. The molecule has 1 aromatic rings. The van der Waals surface area contributed by atoms with Crippen molar-refractivity contribution in [3.05, 3.63) is 41.7 Å². The molecule has 1 aromatic carbocycles. The first-order valence-electron chi connectivity index (χ1n) is 6.09. The molecule has 0 radical (unpaired) electrons. The Morgan fingerprint density at radius 1 is 1.16 bits per heavy atom. The number of hydrogen-bond acceptors (Lipinski definition) is 5. The minimum atomic E-state index is 0.573.